The summed E-state index contributed by atoms with van der Waals surface area (Å²) >= 11 is 0. The van der Waals surface area contributed by atoms with E-state index in [2.05, 4.69) is 5.32 Å². The standard InChI is InChI=1S/C12H25N3O3/c1-14(2)12(16)15-7-5-10(6-8-15)13-9-11(17-3)18-4/h10-11,13H,5-9H2,1-4H3. The predicted molar refractivity (Wildman–Crippen MR) is 69.5 cm³/mol. The molecule has 0 bridgehead atoms. The fourth-order valence-corrected chi connectivity index (χ4v) is 2.08. The Morgan fingerprint density at radius 1 is 1.33 bits per heavy atom. The maximum Gasteiger partial charge on any atom is 0.319 e. The van der Waals surface area contributed by atoms with Crippen LogP contribution in [0.3, 0.4) is 0 Å². The summed E-state index contributed by atoms with van der Waals surface area (Å²) in [5.74, 6) is 0. The van der Waals surface area contributed by atoms with Crippen molar-refractivity contribution in [1.82, 2.24) is 15.1 Å². The van der Waals surface area contributed by atoms with Crippen LogP contribution in [0, 0.1) is 0 Å². The van der Waals surface area contributed by atoms with Crippen molar-refractivity contribution in [3.8, 4) is 0 Å². The van der Waals surface area contributed by atoms with Gasteiger partial charge in [-0.05, 0) is 12.8 Å². The van der Waals surface area contributed by atoms with Crippen molar-refractivity contribution in [2.45, 2.75) is 25.2 Å². The number of nitrogens with zero attached hydrogens (tertiary/aromatic N) is 2. The molecule has 6 nitrogen and oxygen atoms in total. The molecule has 1 saturated heterocycles. The van der Waals surface area contributed by atoms with Crippen molar-refractivity contribution in [2.24, 2.45) is 0 Å². The van der Waals surface area contributed by atoms with Crippen LogP contribution >= 0.6 is 0 Å². The van der Waals surface area contributed by atoms with Crippen molar-refractivity contribution >= 4 is 6.03 Å². The Balaban J connectivity index is 2.25. The molecule has 0 aromatic heterocycles. The lowest BCUT2D eigenvalue weighted by atomic mass is 10.1. The lowest BCUT2D eigenvalue weighted by Crippen LogP contribution is -2.49. The number of amides is 2. The first-order valence-corrected chi connectivity index (χ1v) is 6.33. The van der Waals surface area contributed by atoms with Gasteiger partial charge in [0.15, 0.2) is 6.29 Å². The second-order valence-corrected chi connectivity index (χ2v) is 4.75. The zero-order valence-corrected chi connectivity index (χ0v) is 11.8. The smallest absolute Gasteiger partial charge is 0.319 e. The number of methoxy groups -OCH3 is 2. The van der Waals surface area contributed by atoms with Gasteiger partial charge in [-0.1, -0.05) is 0 Å². The third kappa shape index (κ3) is 4.44. The molecule has 1 aliphatic rings. The van der Waals surface area contributed by atoms with Crippen molar-refractivity contribution in [1.29, 1.82) is 0 Å². The van der Waals surface area contributed by atoms with E-state index in [0.29, 0.717) is 12.6 Å². The molecule has 106 valence electrons. The van der Waals surface area contributed by atoms with Gasteiger partial charge < -0.3 is 24.6 Å². The van der Waals surface area contributed by atoms with Gasteiger partial charge >= 0.3 is 6.03 Å². The van der Waals surface area contributed by atoms with Crippen molar-refractivity contribution < 1.29 is 14.3 Å². The van der Waals surface area contributed by atoms with Crippen molar-refractivity contribution in [2.75, 3.05) is 47.9 Å². The summed E-state index contributed by atoms with van der Waals surface area (Å²) in [6, 6.07) is 0.532. The lowest BCUT2D eigenvalue weighted by Gasteiger charge is -2.34. The normalized spacial score (nSPS) is 17.3. The van der Waals surface area contributed by atoms with Crippen LogP contribution in [0.15, 0.2) is 0 Å². The molecule has 0 aromatic carbocycles. The fourth-order valence-electron chi connectivity index (χ4n) is 2.08. The molecule has 0 atom stereocenters. The van der Waals surface area contributed by atoms with Crippen LogP contribution in [0.25, 0.3) is 0 Å². The molecule has 0 aromatic rings. The Bertz CT molecular complexity index is 249. The van der Waals surface area contributed by atoms with E-state index in [9.17, 15) is 4.79 Å². The number of likely N-dealkylation sites (tertiary alicyclic amines) is 1. The minimum Gasteiger partial charge on any atom is -0.355 e. The molecule has 1 rings (SSSR count). The predicted octanol–water partition coefficient (Wildman–Crippen LogP) is 0.341. The van der Waals surface area contributed by atoms with Crippen LogP contribution < -0.4 is 5.32 Å². The molecule has 0 spiro atoms. The number of carbonyl (C=O) groups excluding carboxylic acids is 1. The average molecular weight is 259 g/mol. The first kappa shape index (κ1) is 15.2. The van der Waals surface area contributed by atoms with Gasteiger partial charge in [0, 0.05) is 54.0 Å². The van der Waals surface area contributed by atoms with E-state index in [1.807, 2.05) is 4.90 Å². The van der Waals surface area contributed by atoms with Crippen LogP contribution in [0.2, 0.25) is 0 Å². The molecule has 1 N–H and O–H groups in total. The van der Waals surface area contributed by atoms with E-state index >= 15 is 0 Å². The Hall–Kier alpha value is -0.850. The summed E-state index contributed by atoms with van der Waals surface area (Å²) in [7, 11) is 6.84. The molecule has 1 aliphatic heterocycles. The van der Waals surface area contributed by atoms with Gasteiger partial charge in [-0.15, -0.1) is 0 Å². The van der Waals surface area contributed by atoms with Crippen LogP contribution in [-0.2, 0) is 9.47 Å². The summed E-state index contributed by atoms with van der Waals surface area (Å²) < 4.78 is 10.3. The molecule has 0 unspecified atom stereocenters. The van der Waals surface area contributed by atoms with Crippen molar-refractivity contribution in [3.05, 3.63) is 0 Å². The van der Waals surface area contributed by atoms with E-state index in [1.165, 1.54) is 0 Å². The monoisotopic (exact) mass is 259 g/mol. The third-order valence-electron chi connectivity index (χ3n) is 3.25. The van der Waals surface area contributed by atoms with Crippen LogP contribution in [0.4, 0.5) is 4.79 Å². The highest BCUT2D eigenvalue weighted by Gasteiger charge is 2.23. The van der Waals surface area contributed by atoms with Gasteiger partial charge in [-0.25, -0.2) is 4.79 Å². The fraction of sp³-hybridized carbons (Fsp3) is 0.917. The SMILES string of the molecule is COC(CNC1CCN(C(=O)N(C)C)CC1)OC. The molecule has 1 fully saturated rings. The second kappa shape index (κ2) is 7.56. The minimum atomic E-state index is -0.202. The zero-order valence-electron chi connectivity index (χ0n) is 11.8. The molecule has 6 heteroatoms. The van der Waals surface area contributed by atoms with Crippen molar-refractivity contribution in [3.63, 3.8) is 0 Å². The Kier molecular flexibility index (Phi) is 6.38. The topological polar surface area (TPSA) is 54.0 Å². The number of hydrogen-bond donors (Lipinski definition) is 1. The molecular weight excluding hydrogens is 234 g/mol. The van der Waals surface area contributed by atoms with Gasteiger partial charge in [-0.3, -0.25) is 0 Å². The van der Waals surface area contributed by atoms with E-state index in [-0.39, 0.29) is 12.3 Å². The Morgan fingerprint density at radius 3 is 2.33 bits per heavy atom. The third-order valence-corrected chi connectivity index (χ3v) is 3.25. The maximum absolute atomic E-state index is 11.8. The number of urea groups is 1. The van der Waals surface area contributed by atoms with Crippen LogP contribution in [-0.4, -0.2) is 76.1 Å². The number of carbonyl (C=O) groups is 1. The van der Waals surface area contributed by atoms with Crippen LogP contribution in [0.5, 0.6) is 0 Å². The van der Waals surface area contributed by atoms with Gasteiger partial charge in [-0.2, -0.15) is 0 Å². The number of hydrogen-bond acceptors (Lipinski definition) is 4. The Morgan fingerprint density at radius 2 is 1.89 bits per heavy atom. The van der Waals surface area contributed by atoms with Crippen LogP contribution in [0.1, 0.15) is 12.8 Å². The average Bonchev–Trinajstić information content (AvgIpc) is 2.39. The summed E-state index contributed by atoms with van der Waals surface area (Å²) in [6.07, 6.45) is 1.74. The molecule has 0 radical (unpaired) electrons. The van der Waals surface area contributed by atoms with Gasteiger partial charge in [0.25, 0.3) is 0 Å². The molecule has 18 heavy (non-hydrogen) atoms. The van der Waals surface area contributed by atoms with Gasteiger partial charge in [0.05, 0.1) is 0 Å². The number of nitrogens with one attached hydrogen (secondary N) is 1. The summed E-state index contributed by atoms with van der Waals surface area (Å²) in [5, 5.41) is 3.41. The molecule has 2 amide bonds. The lowest BCUT2D eigenvalue weighted by molar-refractivity contribution is -0.100. The largest absolute Gasteiger partial charge is 0.355 e. The number of piperidine rings is 1. The second-order valence-electron chi connectivity index (χ2n) is 4.75. The zero-order chi connectivity index (χ0) is 13.5. The molecule has 0 saturated carbocycles. The highest BCUT2D eigenvalue weighted by Crippen LogP contribution is 2.11. The summed E-state index contributed by atoms with van der Waals surface area (Å²) in [6.45, 7) is 2.29. The maximum atomic E-state index is 11.8. The summed E-state index contributed by atoms with van der Waals surface area (Å²) in [4.78, 5) is 15.3. The molecule has 0 aliphatic carbocycles. The van der Waals surface area contributed by atoms with Gasteiger partial charge in [0.2, 0.25) is 0 Å². The minimum absolute atomic E-state index is 0.0973. The quantitative estimate of drug-likeness (QED) is 0.724. The first-order chi connectivity index (χ1) is 8.58. The summed E-state index contributed by atoms with van der Waals surface area (Å²) in [5.41, 5.74) is 0. The number of ether oxygens (including phenoxy) is 2. The van der Waals surface area contributed by atoms with Gasteiger partial charge in [0.1, 0.15) is 0 Å². The highest BCUT2D eigenvalue weighted by atomic mass is 16.7. The van der Waals surface area contributed by atoms with E-state index < -0.39 is 0 Å². The van der Waals surface area contributed by atoms with E-state index in [0.717, 1.165) is 25.9 Å². The molecular formula is C12H25N3O3. The van der Waals surface area contributed by atoms with E-state index in [4.69, 9.17) is 9.47 Å². The number of rotatable bonds is 5. The molecule has 1 heterocycles. The highest BCUT2D eigenvalue weighted by molar-refractivity contribution is 5.73. The Labute approximate surface area is 109 Å². The first-order valence-electron chi connectivity index (χ1n) is 6.33. The van der Waals surface area contributed by atoms with E-state index in [1.54, 1.807) is 33.2 Å².